The number of unbranched alkanes of at least 4 members (excludes halogenated alkanes) is 4. The third-order valence-electron chi connectivity index (χ3n) is 12.2. The van der Waals surface area contributed by atoms with Crippen LogP contribution in [-0.2, 0) is 16.0 Å². The minimum Gasteiger partial charge on any atom is -0.489 e. The molecule has 3 fully saturated rings. The first kappa shape index (κ1) is 42.6. The number of pyridine rings is 1. The summed E-state index contributed by atoms with van der Waals surface area (Å²) >= 11 is 12.3. The van der Waals surface area contributed by atoms with Gasteiger partial charge in [0.2, 0.25) is 11.8 Å². The first-order valence-electron chi connectivity index (χ1n) is 21.1. The quantitative estimate of drug-likeness (QED) is 0.0612. The number of piperidine rings is 2. The van der Waals surface area contributed by atoms with E-state index < -0.39 is 35.5 Å². The van der Waals surface area contributed by atoms with Crippen molar-refractivity contribution in [2.45, 2.75) is 82.3 Å². The molecule has 61 heavy (non-hydrogen) atoms. The number of amides is 4. The van der Waals surface area contributed by atoms with Crippen molar-refractivity contribution in [2.24, 2.45) is 0 Å². The summed E-state index contributed by atoms with van der Waals surface area (Å²) in [5.41, 5.74) is 9.56. The van der Waals surface area contributed by atoms with Crippen LogP contribution in [-0.4, -0.2) is 111 Å². The molecule has 0 saturated carbocycles. The Labute approximate surface area is 363 Å². The summed E-state index contributed by atoms with van der Waals surface area (Å²) in [5, 5.41) is 10.8. The highest BCUT2D eigenvalue weighted by atomic mass is 35.5. The molecule has 14 nitrogen and oxygen atoms in total. The van der Waals surface area contributed by atoms with Crippen LogP contribution in [0.15, 0.2) is 55.0 Å². The molecule has 2 aromatic heterocycles. The van der Waals surface area contributed by atoms with Gasteiger partial charge in [-0.3, -0.25) is 39.0 Å². The van der Waals surface area contributed by atoms with E-state index in [4.69, 9.17) is 38.8 Å². The third kappa shape index (κ3) is 9.54. The second-order valence-corrected chi connectivity index (χ2v) is 17.1. The van der Waals surface area contributed by atoms with Gasteiger partial charge in [0.25, 0.3) is 11.8 Å². The number of benzene rings is 2. The van der Waals surface area contributed by atoms with Gasteiger partial charge in [0.1, 0.15) is 11.9 Å². The number of rotatable bonds is 17. The lowest BCUT2D eigenvalue weighted by molar-refractivity contribution is -0.136. The van der Waals surface area contributed by atoms with Gasteiger partial charge >= 0.3 is 0 Å². The number of ether oxygens (including phenoxy) is 1. The number of hydrogen-bond acceptors (Lipinski definition) is 11. The molecule has 4 aliphatic heterocycles. The van der Waals surface area contributed by atoms with E-state index in [2.05, 4.69) is 36.3 Å². The number of carbonyl (C=O) groups excluding carboxylic acids is 4. The highest BCUT2D eigenvalue weighted by Crippen LogP contribution is 2.34. The van der Waals surface area contributed by atoms with E-state index in [0.29, 0.717) is 40.0 Å². The van der Waals surface area contributed by atoms with Crippen LogP contribution in [0.25, 0.3) is 11.1 Å². The highest BCUT2D eigenvalue weighted by Gasteiger charge is 2.46. The Bertz CT molecular complexity index is 2290. The second kappa shape index (κ2) is 18.9. The van der Waals surface area contributed by atoms with Crippen molar-refractivity contribution in [1.82, 2.24) is 34.8 Å². The molecule has 4 aromatic rings. The fraction of sp³-hybridized carbons (Fsp3) is 0.455. The van der Waals surface area contributed by atoms with E-state index in [1.165, 1.54) is 37.8 Å². The zero-order valence-corrected chi connectivity index (χ0v) is 35.4. The lowest BCUT2D eigenvalue weighted by atomic mass is 10.0. The number of nitrogens with zero attached hydrogens (tertiary/aromatic N) is 6. The molecule has 6 heterocycles. The maximum atomic E-state index is 13.9. The van der Waals surface area contributed by atoms with Crippen LogP contribution in [0.2, 0.25) is 10.0 Å². The maximum Gasteiger partial charge on any atom is 0.264 e. The van der Waals surface area contributed by atoms with Crippen molar-refractivity contribution in [2.75, 3.05) is 56.9 Å². The van der Waals surface area contributed by atoms with Crippen LogP contribution in [0.5, 0.6) is 5.75 Å². The van der Waals surface area contributed by atoms with Crippen molar-refractivity contribution in [1.29, 1.82) is 0 Å². The Morgan fingerprint density at radius 1 is 0.902 bits per heavy atom. The molecule has 322 valence electrons. The maximum absolute atomic E-state index is 13.9. The van der Waals surface area contributed by atoms with Gasteiger partial charge in [0.15, 0.2) is 11.6 Å². The van der Waals surface area contributed by atoms with Gasteiger partial charge in [-0.2, -0.15) is 5.10 Å². The molecule has 2 aromatic carbocycles. The standard InChI is InChI=1S/C44H50Cl2FN9O5/c45-33-9-10-34(47)40(46)31(33)15-20-61-37-21-27(22-49-41(37)48)28-23-50-55(24-28)30-13-18-53(19-14-30)16-4-2-1-3-5-17-54-25-29(26-54)51-35-8-6-7-32-39(35)44(60)56(43(32)59)36-11-12-38(57)52-42(36)58/h6-10,21-24,29-30,36,51H,1-5,11-20,25-26H2,(H2,48,49)(H,52,57,58)/t36-/m1/s1. The van der Waals surface area contributed by atoms with Crippen LogP contribution in [0.3, 0.4) is 0 Å². The summed E-state index contributed by atoms with van der Waals surface area (Å²) in [7, 11) is 0. The number of nitrogens with two attached hydrogens (primary N) is 1. The Morgan fingerprint density at radius 3 is 2.43 bits per heavy atom. The molecule has 1 atom stereocenters. The summed E-state index contributed by atoms with van der Waals surface area (Å²) in [6.07, 6.45) is 14.2. The molecular formula is C44H50Cl2FN9O5. The largest absolute Gasteiger partial charge is 0.489 e. The van der Waals surface area contributed by atoms with Gasteiger partial charge in [-0.1, -0.05) is 48.5 Å². The van der Waals surface area contributed by atoms with E-state index in [1.54, 1.807) is 18.3 Å². The molecule has 0 bridgehead atoms. The number of aromatic nitrogens is 3. The third-order valence-corrected chi connectivity index (χ3v) is 13.0. The normalized spacial score (nSPS) is 19.0. The first-order valence-corrected chi connectivity index (χ1v) is 21.9. The molecule has 4 amide bonds. The van der Waals surface area contributed by atoms with E-state index >= 15 is 0 Å². The smallest absolute Gasteiger partial charge is 0.264 e. The first-order chi connectivity index (χ1) is 29.5. The predicted octanol–water partition coefficient (Wildman–Crippen LogP) is 6.38. The molecule has 3 saturated heterocycles. The second-order valence-electron chi connectivity index (χ2n) is 16.4. The van der Waals surface area contributed by atoms with Gasteiger partial charge in [-0.25, -0.2) is 9.37 Å². The molecule has 0 radical (unpaired) electrons. The number of halogens is 3. The number of anilines is 2. The molecule has 0 spiro atoms. The fourth-order valence-electron chi connectivity index (χ4n) is 8.78. The zero-order valence-electron chi connectivity index (χ0n) is 33.9. The monoisotopic (exact) mass is 873 g/mol. The predicted molar refractivity (Wildman–Crippen MR) is 230 cm³/mol. The van der Waals surface area contributed by atoms with Crippen molar-refractivity contribution in [3.63, 3.8) is 0 Å². The van der Waals surface area contributed by atoms with Gasteiger partial charge in [-0.05, 0) is 81.1 Å². The van der Waals surface area contributed by atoms with Gasteiger partial charge in [-0.15, -0.1) is 0 Å². The minimum absolute atomic E-state index is 0.00714. The summed E-state index contributed by atoms with van der Waals surface area (Å²) in [6.45, 7) is 6.14. The molecule has 0 unspecified atom stereocenters. The molecule has 17 heteroatoms. The van der Waals surface area contributed by atoms with Gasteiger partial charge in [0.05, 0.1) is 41.0 Å². The van der Waals surface area contributed by atoms with Crippen molar-refractivity contribution in [3.05, 3.63) is 87.5 Å². The van der Waals surface area contributed by atoms with Crippen molar-refractivity contribution in [3.8, 4) is 16.9 Å². The zero-order chi connectivity index (χ0) is 42.6. The summed E-state index contributed by atoms with van der Waals surface area (Å²) < 4.78 is 21.9. The number of carbonyl (C=O) groups is 4. The Kier molecular flexibility index (Phi) is 13.2. The lowest BCUT2D eigenvalue weighted by Crippen LogP contribution is -2.55. The van der Waals surface area contributed by atoms with E-state index in [1.807, 2.05) is 18.3 Å². The number of nitrogen functional groups attached to an aromatic ring is 1. The Morgan fingerprint density at radius 2 is 1.66 bits per heavy atom. The number of nitrogens with one attached hydrogen (secondary N) is 2. The Hall–Kier alpha value is -5.09. The molecular weight excluding hydrogens is 824 g/mol. The van der Waals surface area contributed by atoms with Crippen LogP contribution in [0.4, 0.5) is 15.9 Å². The summed E-state index contributed by atoms with van der Waals surface area (Å²) in [5.74, 6) is -1.83. The molecule has 4 N–H and O–H groups in total. The highest BCUT2D eigenvalue weighted by molar-refractivity contribution is 6.36. The van der Waals surface area contributed by atoms with Crippen molar-refractivity contribution >= 4 is 58.3 Å². The van der Waals surface area contributed by atoms with Gasteiger partial charge < -0.3 is 20.7 Å². The molecule has 4 aliphatic rings. The van der Waals surface area contributed by atoms with E-state index in [0.717, 1.165) is 74.6 Å². The molecule has 0 aliphatic carbocycles. The number of hydrogen-bond donors (Lipinski definition) is 3. The topological polar surface area (TPSA) is 168 Å². The number of likely N-dealkylation sites (tertiary alicyclic amines) is 2. The Balaban J connectivity index is 0.697. The average Bonchev–Trinajstić information content (AvgIpc) is 3.83. The van der Waals surface area contributed by atoms with Gasteiger partial charge in [0, 0.05) is 73.3 Å². The van der Waals surface area contributed by atoms with Crippen LogP contribution in [0.1, 0.15) is 90.1 Å². The molecule has 8 rings (SSSR count). The number of imide groups is 2. The van der Waals surface area contributed by atoms with Crippen LogP contribution in [0, 0.1) is 5.82 Å². The average molecular weight is 875 g/mol. The van der Waals surface area contributed by atoms with Crippen molar-refractivity contribution < 1.29 is 28.3 Å². The SMILES string of the molecule is Nc1ncc(-c2cnn(C3CCN(CCCCCCCN4CC(Nc5cccc6c5C(=O)N([C@@H]5CCC(=O)NC5=O)C6=O)C4)CC3)c2)cc1OCCc1c(Cl)ccc(F)c1Cl. The lowest BCUT2D eigenvalue weighted by Gasteiger charge is -2.40. The minimum atomic E-state index is -0.978. The van der Waals surface area contributed by atoms with E-state index in [-0.39, 0.29) is 41.9 Å². The summed E-state index contributed by atoms with van der Waals surface area (Å²) in [4.78, 5) is 60.9. The van der Waals surface area contributed by atoms with E-state index in [9.17, 15) is 23.6 Å². The fourth-order valence-corrected chi connectivity index (χ4v) is 9.34. The summed E-state index contributed by atoms with van der Waals surface area (Å²) in [6, 6.07) is 9.26. The van der Waals surface area contributed by atoms with Crippen LogP contribution < -0.4 is 21.1 Å². The number of fused-ring (bicyclic) bond motifs is 1. The van der Waals surface area contributed by atoms with Crippen LogP contribution >= 0.6 is 23.2 Å².